The van der Waals surface area contributed by atoms with Crippen LogP contribution in [0.5, 0.6) is 0 Å². The van der Waals surface area contributed by atoms with Crippen LogP contribution in [0.1, 0.15) is 32.9 Å². The molecule has 0 spiro atoms. The van der Waals surface area contributed by atoms with Gasteiger partial charge in [-0.3, -0.25) is 4.79 Å². The number of aromatic amines is 1. The fourth-order valence-electron chi connectivity index (χ4n) is 1.97. The second-order valence-electron chi connectivity index (χ2n) is 4.48. The maximum absolute atomic E-state index is 12.0. The highest BCUT2D eigenvalue weighted by atomic mass is 16.1. The summed E-state index contributed by atoms with van der Waals surface area (Å²) in [4.78, 5) is 15.2. The average molecular weight is 253 g/mol. The van der Waals surface area contributed by atoms with E-state index < -0.39 is 0 Å². The van der Waals surface area contributed by atoms with Crippen LogP contribution in [0, 0.1) is 25.2 Å². The molecule has 4 nitrogen and oxygen atoms in total. The van der Waals surface area contributed by atoms with E-state index in [0.29, 0.717) is 17.7 Å². The molecule has 0 saturated heterocycles. The first-order valence-corrected chi connectivity index (χ1v) is 6.03. The fourth-order valence-corrected chi connectivity index (χ4v) is 1.97. The number of hydrogen-bond donors (Lipinski definition) is 2. The molecular weight excluding hydrogens is 238 g/mol. The van der Waals surface area contributed by atoms with Gasteiger partial charge >= 0.3 is 0 Å². The molecule has 0 aliphatic rings. The number of carbonyl (C=O) groups is 1. The number of aryl methyl sites for hydroxylation is 2. The fraction of sp³-hybridized carbons (Fsp3) is 0.200. The van der Waals surface area contributed by atoms with E-state index in [-0.39, 0.29) is 5.91 Å². The summed E-state index contributed by atoms with van der Waals surface area (Å²) in [6.07, 6.45) is 0. The highest BCUT2D eigenvalue weighted by Crippen LogP contribution is 2.09. The third-order valence-corrected chi connectivity index (χ3v) is 2.95. The molecule has 19 heavy (non-hydrogen) atoms. The summed E-state index contributed by atoms with van der Waals surface area (Å²) in [6, 6.07) is 10.7. The molecule has 1 aromatic heterocycles. The Kier molecular flexibility index (Phi) is 3.67. The SMILES string of the molecule is Cc1cc(CNC(=O)c2cccc(C#N)c2)c(C)[nH]1. The van der Waals surface area contributed by atoms with Crippen molar-refractivity contribution in [2.24, 2.45) is 0 Å². The summed E-state index contributed by atoms with van der Waals surface area (Å²) in [6.45, 7) is 4.44. The molecule has 1 amide bonds. The van der Waals surface area contributed by atoms with Crippen molar-refractivity contribution in [3.8, 4) is 6.07 Å². The Morgan fingerprint density at radius 3 is 2.79 bits per heavy atom. The minimum Gasteiger partial charge on any atom is -0.362 e. The number of H-pyrrole nitrogens is 1. The average Bonchev–Trinajstić information content (AvgIpc) is 2.74. The Bertz CT molecular complexity index is 650. The van der Waals surface area contributed by atoms with Crippen molar-refractivity contribution in [3.05, 3.63) is 58.4 Å². The molecule has 96 valence electrons. The van der Waals surface area contributed by atoms with E-state index >= 15 is 0 Å². The maximum atomic E-state index is 12.0. The van der Waals surface area contributed by atoms with Crippen LogP contribution in [0.4, 0.5) is 0 Å². The standard InChI is InChI=1S/C15H15N3O/c1-10-6-14(11(2)18-10)9-17-15(19)13-5-3-4-12(7-13)8-16/h3-7,18H,9H2,1-2H3,(H,17,19). The van der Waals surface area contributed by atoms with Crippen LogP contribution < -0.4 is 5.32 Å². The number of nitrogens with one attached hydrogen (secondary N) is 2. The van der Waals surface area contributed by atoms with Crippen LogP contribution in [0.15, 0.2) is 30.3 Å². The number of amides is 1. The molecule has 0 aliphatic carbocycles. The van der Waals surface area contributed by atoms with Gasteiger partial charge in [0, 0.05) is 23.5 Å². The minimum absolute atomic E-state index is 0.171. The highest BCUT2D eigenvalue weighted by Gasteiger charge is 2.08. The molecule has 4 heteroatoms. The lowest BCUT2D eigenvalue weighted by atomic mass is 10.1. The zero-order chi connectivity index (χ0) is 13.8. The lowest BCUT2D eigenvalue weighted by molar-refractivity contribution is 0.0951. The van der Waals surface area contributed by atoms with Gasteiger partial charge in [0.05, 0.1) is 11.6 Å². The Morgan fingerprint density at radius 2 is 2.16 bits per heavy atom. The molecule has 0 bridgehead atoms. The van der Waals surface area contributed by atoms with Gasteiger partial charge in [-0.1, -0.05) is 6.07 Å². The molecule has 0 atom stereocenters. The number of rotatable bonds is 3. The lowest BCUT2D eigenvalue weighted by Gasteiger charge is -2.05. The second kappa shape index (κ2) is 5.40. The maximum Gasteiger partial charge on any atom is 0.251 e. The Labute approximate surface area is 112 Å². The van der Waals surface area contributed by atoms with Crippen molar-refractivity contribution >= 4 is 5.91 Å². The predicted molar refractivity (Wildman–Crippen MR) is 72.6 cm³/mol. The summed E-state index contributed by atoms with van der Waals surface area (Å²) >= 11 is 0. The van der Waals surface area contributed by atoms with Gasteiger partial charge in [0.15, 0.2) is 0 Å². The minimum atomic E-state index is -0.171. The normalized spacial score (nSPS) is 9.95. The van der Waals surface area contributed by atoms with Crippen molar-refractivity contribution in [2.75, 3.05) is 0 Å². The number of carbonyl (C=O) groups excluding carboxylic acids is 1. The lowest BCUT2D eigenvalue weighted by Crippen LogP contribution is -2.22. The molecule has 2 aromatic rings. The summed E-state index contributed by atoms with van der Waals surface area (Å²) in [7, 11) is 0. The molecule has 1 aromatic carbocycles. The molecule has 2 rings (SSSR count). The van der Waals surface area contributed by atoms with E-state index in [2.05, 4.69) is 10.3 Å². The van der Waals surface area contributed by atoms with Crippen LogP contribution in [0.2, 0.25) is 0 Å². The van der Waals surface area contributed by atoms with Crippen LogP contribution in [0.3, 0.4) is 0 Å². The van der Waals surface area contributed by atoms with Crippen molar-refractivity contribution < 1.29 is 4.79 Å². The van der Waals surface area contributed by atoms with Crippen molar-refractivity contribution in [2.45, 2.75) is 20.4 Å². The van der Waals surface area contributed by atoms with E-state index in [0.717, 1.165) is 17.0 Å². The van der Waals surface area contributed by atoms with Gasteiger partial charge in [-0.15, -0.1) is 0 Å². The van der Waals surface area contributed by atoms with Gasteiger partial charge in [0.25, 0.3) is 5.91 Å². The third kappa shape index (κ3) is 3.02. The van der Waals surface area contributed by atoms with Gasteiger partial charge < -0.3 is 10.3 Å². The molecule has 0 unspecified atom stereocenters. The van der Waals surface area contributed by atoms with Gasteiger partial charge in [0.1, 0.15) is 0 Å². The Hall–Kier alpha value is -2.54. The first kappa shape index (κ1) is 12.9. The molecule has 0 aliphatic heterocycles. The summed E-state index contributed by atoms with van der Waals surface area (Å²) < 4.78 is 0. The summed E-state index contributed by atoms with van der Waals surface area (Å²) in [5.74, 6) is -0.171. The smallest absolute Gasteiger partial charge is 0.251 e. The Morgan fingerprint density at radius 1 is 1.37 bits per heavy atom. The van der Waals surface area contributed by atoms with Crippen LogP contribution in [0.25, 0.3) is 0 Å². The first-order valence-electron chi connectivity index (χ1n) is 6.03. The molecule has 1 heterocycles. The van der Waals surface area contributed by atoms with E-state index in [9.17, 15) is 4.79 Å². The zero-order valence-corrected chi connectivity index (χ0v) is 10.9. The summed E-state index contributed by atoms with van der Waals surface area (Å²) in [5.41, 5.74) is 4.20. The number of nitrogens with zero attached hydrogens (tertiary/aromatic N) is 1. The van der Waals surface area contributed by atoms with Crippen molar-refractivity contribution in [1.82, 2.24) is 10.3 Å². The van der Waals surface area contributed by atoms with Crippen LogP contribution in [-0.2, 0) is 6.54 Å². The van der Waals surface area contributed by atoms with Gasteiger partial charge in [0.2, 0.25) is 0 Å². The highest BCUT2D eigenvalue weighted by molar-refractivity contribution is 5.94. The first-order chi connectivity index (χ1) is 9.10. The van der Waals surface area contributed by atoms with E-state index in [4.69, 9.17) is 5.26 Å². The van der Waals surface area contributed by atoms with Gasteiger partial charge in [-0.2, -0.15) is 5.26 Å². The molecule has 0 saturated carbocycles. The number of aromatic nitrogens is 1. The van der Waals surface area contributed by atoms with E-state index in [1.807, 2.05) is 26.0 Å². The van der Waals surface area contributed by atoms with Gasteiger partial charge in [-0.05, 0) is 43.7 Å². The monoisotopic (exact) mass is 253 g/mol. The van der Waals surface area contributed by atoms with Crippen LogP contribution in [-0.4, -0.2) is 10.9 Å². The van der Waals surface area contributed by atoms with Crippen molar-refractivity contribution in [3.63, 3.8) is 0 Å². The second-order valence-corrected chi connectivity index (χ2v) is 4.48. The Balaban J connectivity index is 2.05. The topological polar surface area (TPSA) is 68.7 Å². The molecule has 0 fully saturated rings. The predicted octanol–water partition coefficient (Wildman–Crippen LogP) is 2.43. The molecule has 2 N–H and O–H groups in total. The zero-order valence-electron chi connectivity index (χ0n) is 10.9. The largest absolute Gasteiger partial charge is 0.362 e. The number of nitriles is 1. The number of benzene rings is 1. The molecular formula is C15H15N3O. The quantitative estimate of drug-likeness (QED) is 0.882. The third-order valence-electron chi connectivity index (χ3n) is 2.95. The van der Waals surface area contributed by atoms with E-state index in [1.54, 1.807) is 24.3 Å². The van der Waals surface area contributed by atoms with Gasteiger partial charge in [-0.25, -0.2) is 0 Å². The van der Waals surface area contributed by atoms with Crippen molar-refractivity contribution in [1.29, 1.82) is 5.26 Å². The summed E-state index contributed by atoms with van der Waals surface area (Å²) in [5, 5.41) is 11.7. The molecule has 0 radical (unpaired) electrons. The number of hydrogen-bond acceptors (Lipinski definition) is 2. The van der Waals surface area contributed by atoms with Crippen LogP contribution >= 0.6 is 0 Å². The van der Waals surface area contributed by atoms with E-state index in [1.165, 1.54) is 0 Å².